The van der Waals surface area contributed by atoms with E-state index in [1.54, 1.807) is 0 Å². The predicted octanol–water partition coefficient (Wildman–Crippen LogP) is -3.28. The van der Waals surface area contributed by atoms with Crippen LogP contribution in [0.25, 0.3) is 0 Å². The quantitative estimate of drug-likeness (QED) is 0.115. The van der Waals surface area contributed by atoms with Crippen molar-refractivity contribution in [3.05, 3.63) is 0 Å². The van der Waals surface area contributed by atoms with Crippen LogP contribution in [0.1, 0.15) is 19.3 Å². The molecule has 0 amide bonds. The molecule has 0 fully saturated rings. The van der Waals surface area contributed by atoms with Gasteiger partial charge >= 0.3 is 35.8 Å². The molecule has 9 N–H and O–H groups in total. The molecule has 0 heterocycles. The van der Waals surface area contributed by atoms with E-state index in [4.69, 9.17) is 46.0 Å². The second-order valence-electron chi connectivity index (χ2n) is 4.36. The molecule has 0 spiro atoms. The van der Waals surface area contributed by atoms with Gasteiger partial charge in [0.25, 0.3) is 0 Å². The molecule has 164 valence electrons. The molecule has 17 heteroatoms. The van der Waals surface area contributed by atoms with E-state index in [9.17, 15) is 28.8 Å². The first-order chi connectivity index (χ1) is 12.1. The van der Waals surface area contributed by atoms with Crippen LogP contribution in [-0.2, 0) is 28.8 Å². The maximum absolute atomic E-state index is 9.72. The minimum atomic E-state index is -1.79. The molecule has 0 aromatic rings. The van der Waals surface area contributed by atoms with Crippen LogP contribution in [0.4, 0.5) is 0 Å². The van der Waals surface area contributed by atoms with E-state index in [0.717, 1.165) is 0 Å². The molecule has 0 radical (unpaired) electrons. The summed E-state index contributed by atoms with van der Waals surface area (Å²) in [5.41, 5.74) is 0. The first-order valence-electron chi connectivity index (χ1n) is 6.49. The van der Waals surface area contributed by atoms with Crippen LogP contribution >= 0.6 is 0 Å². The van der Waals surface area contributed by atoms with Crippen LogP contribution in [0.2, 0.25) is 0 Å². The minimum absolute atomic E-state index is 0. The monoisotopic (exact) mass is 686 g/mol. The van der Waals surface area contributed by atoms with E-state index in [-0.39, 0.29) is 81.7 Å². The topological polar surface area (TPSA) is 284 Å². The summed E-state index contributed by atoms with van der Waals surface area (Å²) in [6.07, 6.45) is -7.63. The summed E-state index contributed by atoms with van der Waals surface area (Å²) in [6.45, 7) is 0. The maximum Gasteiger partial charge on any atom is 0.333 e. The Morgan fingerprint density at radius 2 is 0.586 bits per heavy atom. The second-order valence-corrected chi connectivity index (χ2v) is 4.36. The van der Waals surface area contributed by atoms with E-state index < -0.39 is 73.4 Å². The van der Waals surface area contributed by atoms with Crippen molar-refractivity contribution < 1.29 is 156 Å². The molecule has 0 aromatic carbocycles. The molecule has 3 atom stereocenters. The average Bonchev–Trinajstić information content (AvgIpc) is 2.46. The zero-order chi connectivity index (χ0) is 22.3. The van der Waals surface area contributed by atoms with Gasteiger partial charge in [-0.1, -0.05) is 0 Å². The second kappa shape index (κ2) is 22.1. The average molecular weight is 691 g/mol. The Morgan fingerprint density at radius 1 is 0.448 bits per heavy atom. The van der Waals surface area contributed by atoms with Crippen molar-refractivity contribution in [2.45, 2.75) is 37.6 Å². The molecule has 0 aliphatic carbocycles. The summed E-state index contributed by atoms with van der Waals surface area (Å²) in [5.74, 6) is -8.54. The van der Waals surface area contributed by atoms with Crippen molar-refractivity contribution >= 4 is 35.8 Å². The Hall–Kier alpha value is -0.599. The number of carbonyl (C=O) groups is 6. The van der Waals surface area contributed by atoms with Gasteiger partial charge in [-0.25, -0.2) is 14.4 Å². The Morgan fingerprint density at radius 3 is 0.621 bits per heavy atom. The van der Waals surface area contributed by atoms with E-state index in [0.29, 0.717) is 0 Å². The van der Waals surface area contributed by atoms with Crippen LogP contribution in [0.15, 0.2) is 0 Å². The van der Waals surface area contributed by atoms with E-state index in [2.05, 4.69) is 0 Å². The summed E-state index contributed by atoms with van der Waals surface area (Å²) in [7, 11) is 0. The smallest absolute Gasteiger partial charge is 0.333 e. The SMILES string of the molecule is O=C(O)CC(O)C(=O)O.O=C(O)CC(O)C(=O)O.O=C(O)CC(O)C(=O)O.[Nd].[Nd]. The number of hydrogen-bond donors (Lipinski definition) is 9. The molecule has 0 aromatic heterocycles. The normalized spacial score (nSPS) is 11.7. The Labute approximate surface area is 227 Å². The Kier molecular flexibility index (Phi) is 29.7. The zero-order valence-electron chi connectivity index (χ0n) is 14.3. The number of carboxylic acid groups (broad SMARTS) is 6. The standard InChI is InChI=1S/3C4H6O5.2Nd/c3*5-2(4(8)9)1-3(6)7;;/h3*2,5H,1H2,(H,6,7)(H,8,9);;. The Balaban J connectivity index is -0.0000000960. The summed E-state index contributed by atoms with van der Waals surface area (Å²) in [5, 5.41) is 72.4. The zero-order valence-corrected chi connectivity index (χ0v) is 20.7. The van der Waals surface area contributed by atoms with Gasteiger partial charge < -0.3 is 46.0 Å². The molecule has 0 aliphatic heterocycles. The fourth-order valence-electron chi connectivity index (χ4n) is 0.758. The number of hydrogen-bond acceptors (Lipinski definition) is 9. The molecular weight excluding hydrogens is 673 g/mol. The maximum atomic E-state index is 9.72. The fourth-order valence-corrected chi connectivity index (χ4v) is 0.758. The summed E-state index contributed by atoms with van der Waals surface area (Å²) in [6, 6.07) is 0. The predicted molar refractivity (Wildman–Crippen MR) is 77.7 cm³/mol. The molecule has 0 saturated heterocycles. The summed E-state index contributed by atoms with van der Waals surface area (Å²) < 4.78 is 0. The molecule has 0 rings (SSSR count). The van der Waals surface area contributed by atoms with Crippen molar-refractivity contribution in [2.75, 3.05) is 0 Å². The largest absolute Gasteiger partial charge is 0.481 e. The van der Waals surface area contributed by atoms with E-state index >= 15 is 0 Å². The van der Waals surface area contributed by atoms with Gasteiger partial charge in [-0.05, 0) is 0 Å². The minimum Gasteiger partial charge on any atom is -0.481 e. The van der Waals surface area contributed by atoms with Crippen molar-refractivity contribution in [1.29, 1.82) is 0 Å². The van der Waals surface area contributed by atoms with Crippen LogP contribution in [0.3, 0.4) is 0 Å². The van der Waals surface area contributed by atoms with Gasteiger partial charge in [0.1, 0.15) is 0 Å². The van der Waals surface area contributed by atoms with Crippen molar-refractivity contribution in [2.24, 2.45) is 0 Å². The molecular formula is C12H18Nd2O15. The molecule has 3 unspecified atom stereocenters. The summed E-state index contributed by atoms with van der Waals surface area (Å²) in [4.78, 5) is 58.2. The van der Waals surface area contributed by atoms with Crippen molar-refractivity contribution in [3.63, 3.8) is 0 Å². The summed E-state index contributed by atoms with van der Waals surface area (Å²) >= 11 is 0. The third-order valence-electron chi connectivity index (χ3n) is 1.96. The number of aliphatic hydroxyl groups is 3. The number of rotatable bonds is 9. The number of aliphatic carboxylic acids is 6. The van der Waals surface area contributed by atoms with E-state index in [1.807, 2.05) is 0 Å². The first-order valence-corrected chi connectivity index (χ1v) is 6.49. The van der Waals surface area contributed by atoms with Gasteiger partial charge in [0.15, 0.2) is 18.3 Å². The van der Waals surface area contributed by atoms with Crippen LogP contribution in [-0.4, -0.2) is 100 Å². The van der Waals surface area contributed by atoms with Crippen LogP contribution in [0, 0.1) is 81.7 Å². The third-order valence-corrected chi connectivity index (χ3v) is 1.96. The molecule has 0 saturated carbocycles. The number of aliphatic hydroxyl groups excluding tert-OH is 3. The van der Waals surface area contributed by atoms with Crippen LogP contribution < -0.4 is 0 Å². The van der Waals surface area contributed by atoms with Gasteiger partial charge in [-0.3, -0.25) is 14.4 Å². The van der Waals surface area contributed by atoms with Gasteiger partial charge in [0.2, 0.25) is 0 Å². The van der Waals surface area contributed by atoms with Crippen molar-refractivity contribution in [3.8, 4) is 0 Å². The fraction of sp³-hybridized carbons (Fsp3) is 0.500. The van der Waals surface area contributed by atoms with E-state index in [1.165, 1.54) is 0 Å². The number of carboxylic acids is 6. The van der Waals surface area contributed by atoms with Gasteiger partial charge in [0, 0.05) is 81.7 Å². The van der Waals surface area contributed by atoms with Crippen molar-refractivity contribution in [1.82, 2.24) is 0 Å². The Bertz CT molecular complexity index is 473. The molecule has 0 bridgehead atoms. The first kappa shape index (κ1) is 38.9. The van der Waals surface area contributed by atoms with Gasteiger partial charge in [0.05, 0.1) is 19.3 Å². The van der Waals surface area contributed by atoms with Gasteiger partial charge in [-0.2, -0.15) is 0 Å². The third kappa shape index (κ3) is 32.3. The molecule has 15 nitrogen and oxygen atoms in total. The molecule has 29 heavy (non-hydrogen) atoms. The van der Waals surface area contributed by atoms with Gasteiger partial charge in [-0.15, -0.1) is 0 Å². The van der Waals surface area contributed by atoms with Crippen LogP contribution in [0.5, 0.6) is 0 Å². The molecule has 0 aliphatic rings.